The number of aromatic nitrogens is 1. The Morgan fingerprint density at radius 1 is 1.11 bits per heavy atom. The molecule has 0 aliphatic heterocycles. The van der Waals surface area contributed by atoms with Crippen LogP contribution >= 0.6 is 0 Å². The Labute approximate surface area is 159 Å². The summed E-state index contributed by atoms with van der Waals surface area (Å²) in [6, 6.07) is 14.3. The van der Waals surface area contributed by atoms with Gasteiger partial charge >= 0.3 is 12.3 Å². The number of aryl methyl sites for hydroxylation is 1. The average molecular weight is 387 g/mol. The normalized spacial score (nSPS) is 11.3. The molecule has 144 valence electrons. The Kier molecular flexibility index (Phi) is 5.35. The summed E-state index contributed by atoms with van der Waals surface area (Å²) in [5.41, 5.74) is 3.63. The number of carboxylic acid groups (broad SMARTS) is 1. The van der Waals surface area contributed by atoms with E-state index in [4.69, 9.17) is 0 Å². The molecule has 0 spiro atoms. The molecule has 0 amide bonds. The van der Waals surface area contributed by atoms with Crippen LogP contribution in [0.2, 0.25) is 0 Å². The van der Waals surface area contributed by atoms with Crippen LogP contribution in [0.4, 0.5) is 13.2 Å². The molecule has 1 aromatic heterocycles. The minimum Gasteiger partial charge on any atom is -0.478 e. The van der Waals surface area contributed by atoms with E-state index < -0.39 is 12.3 Å². The highest BCUT2D eigenvalue weighted by atomic mass is 19.4. The molecule has 0 aliphatic rings. The van der Waals surface area contributed by atoms with Crippen LogP contribution < -0.4 is 4.74 Å². The Balaban J connectivity index is 1.88. The van der Waals surface area contributed by atoms with Gasteiger partial charge in [-0.1, -0.05) is 30.3 Å². The fourth-order valence-electron chi connectivity index (χ4n) is 2.99. The zero-order valence-corrected chi connectivity index (χ0v) is 14.8. The minimum absolute atomic E-state index is 0.140. The van der Waals surface area contributed by atoms with Gasteiger partial charge in [-0.05, 0) is 53.4 Å². The van der Waals surface area contributed by atoms with E-state index in [1.807, 2.05) is 13.0 Å². The predicted molar refractivity (Wildman–Crippen MR) is 97.3 cm³/mol. The maximum Gasteiger partial charge on any atom is 0.573 e. The van der Waals surface area contributed by atoms with Crippen LogP contribution in [0, 0.1) is 6.92 Å². The van der Waals surface area contributed by atoms with Crippen molar-refractivity contribution in [1.82, 2.24) is 4.98 Å². The molecule has 0 bridgehead atoms. The smallest absolute Gasteiger partial charge is 0.478 e. The van der Waals surface area contributed by atoms with E-state index in [1.165, 1.54) is 30.5 Å². The maximum atomic E-state index is 12.4. The molecule has 0 saturated heterocycles. The molecule has 4 nitrogen and oxygen atoms in total. The molecule has 0 unspecified atom stereocenters. The second-order valence-electron chi connectivity index (χ2n) is 6.20. The van der Waals surface area contributed by atoms with E-state index in [0.717, 1.165) is 16.7 Å². The summed E-state index contributed by atoms with van der Waals surface area (Å²) >= 11 is 0. The number of nitrogens with zero attached hydrogens (tertiary/aromatic N) is 1. The fourth-order valence-corrected chi connectivity index (χ4v) is 2.99. The lowest BCUT2D eigenvalue weighted by atomic mass is 9.96. The van der Waals surface area contributed by atoms with Gasteiger partial charge in [-0.25, -0.2) is 4.79 Å². The van der Waals surface area contributed by atoms with Gasteiger partial charge in [-0.15, -0.1) is 13.2 Å². The lowest BCUT2D eigenvalue weighted by Crippen LogP contribution is -2.17. The van der Waals surface area contributed by atoms with Crippen LogP contribution in [-0.2, 0) is 6.42 Å². The molecular weight excluding hydrogens is 371 g/mol. The van der Waals surface area contributed by atoms with Gasteiger partial charge in [-0.3, -0.25) is 4.98 Å². The first kappa shape index (κ1) is 19.4. The fraction of sp³-hybridized carbons (Fsp3) is 0.143. The van der Waals surface area contributed by atoms with Gasteiger partial charge in [0.25, 0.3) is 0 Å². The molecule has 0 aliphatic carbocycles. The predicted octanol–water partition coefficient (Wildman–Crippen LogP) is 5.24. The molecule has 0 atom stereocenters. The zero-order valence-electron chi connectivity index (χ0n) is 14.8. The van der Waals surface area contributed by atoms with Crippen molar-refractivity contribution in [1.29, 1.82) is 0 Å². The second kappa shape index (κ2) is 7.72. The highest BCUT2D eigenvalue weighted by molar-refractivity contribution is 5.88. The van der Waals surface area contributed by atoms with Gasteiger partial charge in [0.1, 0.15) is 5.75 Å². The first-order valence-corrected chi connectivity index (χ1v) is 8.36. The Morgan fingerprint density at radius 3 is 2.57 bits per heavy atom. The number of hydrogen-bond donors (Lipinski definition) is 1. The van der Waals surface area contributed by atoms with E-state index >= 15 is 0 Å². The molecule has 0 radical (unpaired) electrons. The molecule has 0 fully saturated rings. The third kappa shape index (κ3) is 4.68. The highest BCUT2D eigenvalue weighted by Crippen LogP contribution is 2.30. The number of carboxylic acids is 1. The Bertz CT molecular complexity index is 1020. The molecular formula is C21H16F3NO3. The van der Waals surface area contributed by atoms with Gasteiger partial charge in [0.2, 0.25) is 0 Å². The summed E-state index contributed by atoms with van der Waals surface area (Å²) in [6.45, 7) is 1.84. The van der Waals surface area contributed by atoms with Gasteiger partial charge in [0.05, 0.1) is 11.3 Å². The van der Waals surface area contributed by atoms with Crippen molar-refractivity contribution in [2.45, 2.75) is 19.7 Å². The van der Waals surface area contributed by atoms with E-state index in [-0.39, 0.29) is 11.3 Å². The molecule has 0 saturated carbocycles. The lowest BCUT2D eigenvalue weighted by Gasteiger charge is -2.12. The van der Waals surface area contributed by atoms with Crippen LogP contribution in [0.25, 0.3) is 11.1 Å². The van der Waals surface area contributed by atoms with Crippen LogP contribution in [0.3, 0.4) is 0 Å². The summed E-state index contributed by atoms with van der Waals surface area (Å²) < 4.78 is 41.3. The van der Waals surface area contributed by atoms with Gasteiger partial charge in [0.15, 0.2) is 0 Å². The zero-order chi connectivity index (χ0) is 20.3. The monoisotopic (exact) mass is 387 g/mol. The first-order valence-electron chi connectivity index (χ1n) is 8.36. The third-order valence-corrected chi connectivity index (χ3v) is 4.16. The maximum absolute atomic E-state index is 12.4. The quantitative estimate of drug-likeness (QED) is 0.650. The van der Waals surface area contributed by atoms with Crippen molar-refractivity contribution in [2.24, 2.45) is 0 Å². The molecule has 1 heterocycles. The van der Waals surface area contributed by atoms with Crippen molar-refractivity contribution in [2.75, 3.05) is 0 Å². The lowest BCUT2D eigenvalue weighted by molar-refractivity contribution is -0.274. The molecule has 7 heteroatoms. The number of benzene rings is 2. The third-order valence-electron chi connectivity index (χ3n) is 4.16. The Hall–Kier alpha value is -3.35. The topological polar surface area (TPSA) is 59.4 Å². The average Bonchev–Trinajstić information content (AvgIpc) is 2.61. The van der Waals surface area contributed by atoms with Crippen LogP contribution in [0.15, 0.2) is 60.8 Å². The number of halogens is 3. The van der Waals surface area contributed by atoms with Gasteiger partial charge in [-0.2, -0.15) is 0 Å². The number of hydrogen-bond acceptors (Lipinski definition) is 3. The summed E-state index contributed by atoms with van der Waals surface area (Å²) in [5.74, 6) is -1.33. The highest BCUT2D eigenvalue weighted by Gasteiger charge is 2.31. The number of alkyl halides is 3. The van der Waals surface area contributed by atoms with Gasteiger partial charge in [0, 0.05) is 12.6 Å². The van der Waals surface area contributed by atoms with Crippen molar-refractivity contribution in [3.05, 3.63) is 83.2 Å². The number of rotatable bonds is 5. The molecule has 28 heavy (non-hydrogen) atoms. The summed E-state index contributed by atoms with van der Waals surface area (Å²) in [7, 11) is 0. The summed E-state index contributed by atoms with van der Waals surface area (Å²) in [4.78, 5) is 15.5. The number of carbonyl (C=O) groups is 1. The number of ether oxygens (including phenoxy) is 1. The van der Waals surface area contributed by atoms with E-state index in [1.54, 1.807) is 24.3 Å². The number of pyridine rings is 1. The summed E-state index contributed by atoms with van der Waals surface area (Å²) in [6.07, 6.45) is -2.88. The second-order valence-corrected chi connectivity index (χ2v) is 6.20. The molecule has 1 N–H and O–H groups in total. The standard InChI is InChI=1S/C21H16F3NO3/c1-13-10-14(11-19-18(20(26)27)6-3-9-25-19)7-8-17(13)15-4-2-5-16(12-15)28-21(22,23)24/h2-10,12H,11H2,1H3,(H,26,27). The van der Waals surface area contributed by atoms with E-state index in [2.05, 4.69) is 9.72 Å². The Morgan fingerprint density at radius 2 is 1.89 bits per heavy atom. The first-order chi connectivity index (χ1) is 13.2. The molecule has 2 aromatic carbocycles. The molecule has 3 aromatic rings. The van der Waals surface area contributed by atoms with E-state index in [0.29, 0.717) is 17.7 Å². The van der Waals surface area contributed by atoms with E-state index in [9.17, 15) is 23.1 Å². The van der Waals surface area contributed by atoms with Crippen molar-refractivity contribution in [3.63, 3.8) is 0 Å². The van der Waals surface area contributed by atoms with Crippen molar-refractivity contribution < 1.29 is 27.8 Å². The number of aromatic carboxylic acids is 1. The SMILES string of the molecule is Cc1cc(Cc2ncccc2C(=O)O)ccc1-c1cccc(OC(F)(F)F)c1. The van der Waals surface area contributed by atoms with Crippen LogP contribution in [-0.4, -0.2) is 22.4 Å². The largest absolute Gasteiger partial charge is 0.573 e. The van der Waals surface area contributed by atoms with Crippen LogP contribution in [0.1, 0.15) is 27.2 Å². The van der Waals surface area contributed by atoms with Crippen molar-refractivity contribution >= 4 is 5.97 Å². The summed E-state index contributed by atoms with van der Waals surface area (Å²) in [5, 5.41) is 9.27. The minimum atomic E-state index is -4.75. The van der Waals surface area contributed by atoms with Crippen LogP contribution in [0.5, 0.6) is 5.75 Å². The van der Waals surface area contributed by atoms with Gasteiger partial charge < -0.3 is 9.84 Å². The molecule has 3 rings (SSSR count). The van der Waals surface area contributed by atoms with Crippen molar-refractivity contribution in [3.8, 4) is 16.9 Å².